The quantitative estimate of drug-likeness (QED) is 0.782. The predicted octanol–water partition coefficient (Wildman–Crippen LogP) is 2.56. The van der Waals surface area contributed by atoms with Crippen molar-refractivity contribution in [3.63, 3.8) is 0 Å². The SMILES string of the molecule is CCCn1nccc1C(O)c1cnn(-c2ccccc2)c1. The number of hydrogen-bond donors (Lipinski definition) is 1. The first-order valence-electron chi connectivity index (χ1n) is 7.09. The molecule has 1 atom stereocenters. The van der Waals surface area contributed by atoms with Gasteiger partial charge in [-0.2, -0.15) is 10.2 Å². The molecule has 0 bridgehead atoms. The second-order valence-electron chi connectivity index (χ2n) is 4.94. The molecule has 3 aromatic rings. The van der Waals surface area contributed by atoms with Gasteiger partial charge in [0, 0.05) is 24.5 Å². The number of aliphatic hydroxyl groups is 1. The van der Waals surface area contributed by atoms with Gasteiger partial charge in [0.25, 0.3) is 0 Å². The van der Waals surface area contributed by atoms with E-state index in [0.717, 1.165) is 29.9 Å². The number of aryl methyl sites for hydroxylation is 1. The summed E-state index contributed by atoms with van der Waals surface area (Å²) in [5.74, 6) is 0. The lowest BCUT2D eigenvalue weighted by Crippen LogP contribution is -2.09. The van der Waals surface area contributed by atoms with E-state index in [4.69, 9.17) is 0 Å². The van der Waals surface area contributed by atoms with Crippen LogP contribution < -0.4 is 0 Å². The van der Waals surface area contributed by atoms with E-state index in [-0.39, 0.29) is 0 Å². The monoisotopic (exact) mass is 282 g/mol. The van der Waals surface area contributed by atoms with Crippen LogP contribution in [0.15, 0.2) is 55.0 Å². The van der Waals surface area contributed by atoms with Crippen LogP contribution in [0.25, 0.3) is 5.69 Å². The lowest BCUT2D eigenvalue weighted by atomic mass is 10.1. The molecule has 0 fully saturated rings. The Kier molecular flexibility index (Phi) is 3.83. The first kappa shape index (κ1) is 13.6. The minimum atomic E-state index is -0.712. The third-order valence-electron chi connectivity index (χ3n) is 3.40. The molecule has 0 saturated heterocycles. The summed E-state index contributed by atoms with van der Waals surface area (Å²) in [4.78, 5) is 0. The maximum Gasteiger partial charge on any atom is 0.124 e. The Morgan fingerprint density at radius 3 is 2.71 bits per heavy atom. The topological polar surface area (TPSA) is 55.9 Å². The lowest BCUT2D eigenvalue weighted by Gasteiger charge is -2.11. The van der Waals surface area contributed by atoms with Gasteiger partial charge in [0.1, 0.15) is 6.10 Å². The molecule has 1 N–H and O–H groups in total. The Labute approximate surface area is 123 Å². The van der Waals surface area contributed by atoms with Crippen LogP contribution >= 0.6 is 0 Å². The summed E-state index contributed by atoms with van der Waals surface area (Å²) in [6.07, 6.45) is 5.53. The standard InChI is InChI=1S/C16H18N4O/c1-2-10-19-15(8-9-17-19)16(21)13-11-18-20(12-13)14-6-4-3-5-7-14/h3-9,11-12,16,21H,2,10H2,1H3. The summed E-state index contributed by atoms with van der Waals surface area (Å²) in [6.45, 7) is 2.89. The Morgan fingerprint density at radius 1 is 1.14 bits per heavy atom. The van der Waals surface area contributed by atoms with Crippen LogP contribution in [0.2, 0.25) is 0 Å². The summed E-state index contributed by atoms with van der Waals surface area (Å²) < 4.78 is 3.60. The fourth-order valence-corrected chi connectivity index (χ4v) is 2.34. The highest BCUT2D eigenvalue weighted by molar-refractivity contribution is 5.32. The minimum absolute atomic E-state index is 0.712. The molecule has 21 heavy (non-hydrogen) atoms. The van der Waals surface area contributed by atoms with Crippen molar-refractivity contribution in [2.75, 3.05) is 0 Å². The van der Waals surface area contributed by atoms with Crippen molar-refractivity contribution < 1.29 is 5.11 Å². The van der Waals surface area contributed by atoms with Gasteiger partial charge >= 0.3 is 0 Å². The van der Waals surface area contributed by atoms with E-state index in [2.05, 4.69) is 17.1 Å². The zero-order chi connectivity index (χ0) is 14.7. The van der Waals surface area contributed by atoms with Gasteiger partial charge in [-0.25, -0.2) is 4.68 Å². The molecule has 0 aliphatic carbocycles. The van der Waals surface area contributed by atoms with E-state index in [1.165, 1.54) is 0 Å². The van der Waals surface area contributed by atoms with Gasteiger partial charge in [-0.05, 0) is 24.6 Å². The van der Waals surface area contributed by atoms with E-state index in [1.54, 1.807) is 17.1 Å². The Bertz CT molecular complexity index is 702. The largest absolute Gasteiger partial charge is 0.382 e. The van der Waals surface area contributed by atoms with Crippen molar-refractivity contribution >= 4 is 0 Å². The first-order chi connectivity index (χ1) is 10.3. The molecule has 2 heterocycles. The van der Waals surface area contributed by atoms with Gasteiger partial charge in [-0.15, -0.1) is 0 Å². The van der Waals surface area contributed by atoms with Crippen LogP contribution in [-0.2, 0) is 6.54 Å². The highest BCUT2D eigenvalue weighted by Crippen LogP contribution is 2.22. The molecule has 5 nitrogen and oxygen atoms in total. The molecule has 0 aliphatic rings. The van der Waals surface area contributed by atoms with Gasteiger partial charge in [0.2, 0.25) is 0 Å². The number of hydrogen-bond acceptors (Lipinski definition) is 3. The molecule has 0 spiro atoms. The van der Waals surface area contributed by atoms with Gasteiger partial charge in [0.05, 0.1) is 17.6 Å². The maximum absolute atomic E-state index is 10.5. The number of aromatic nitrogens is 4. The highest BCUT2D eigenvalue weighted by Gasteiger charge is 2.17. The third kappa shape index (κ3) is 2.73. The van der Waals surface area contributed by atoms with Crippen molar-refractivity contribution in [2.45, 2.75) is 26.0 Å². The molecule has 2 aromatic heterocycles. The maximum atomic E-state index is 10.5. The number of aliphatic hydroxyl groups excluding tert-OH is 1. The fraction of sp³-hybridized carbons (Fsp3) is 0.250. The molecule has 0 radical (unpaired) electrons. The molecule has 1 aromatic carbocycles. The predicted molar refractivity (Wildman–Crippen MR) is 80.1 cm³/mol. The molecule has 0 amide bonds. The Hall–Kier alpha value is -2.40. The van der Waals surface area contributed by atoms with Gasteiger partial charge in [-0.1, -0.05) is 25.1 Å². The van der Waals surface area contributed by atoms with Crippen molar-refractivity contribution in [1.82, 2.24) is 19.6 Å². The molecule has 0 aliphatic heterocycles. The van der Waals surface area contributed by atoms with Crippen LogP contribution in [0.3, 0.4) is 0 Å². The zero-order valence-corrected chi connectivity index (χ0v) is 11.9. The second kappa shape index (κ2) is 5.93. The summed E-state index contributed by atoms with van der Waals surface area (Å²) in [7, 11) is 0. The van der Waals surface area contributed by atoms with Crippen LogP contribution in [0, 0.1) is 0 Å². The molecule has 5 heteroatoms. The van der Waals surface area contributed by atoms with E-state index in [1.807, 2.05) is 47.3 Å². The second-order valence-corrected chi connectivity index (χ2v) is 4.94. The summed E-state index contributed by atoms with van der Waals surface area (Å²) in [5, 5.41) is 19.1. The van der Waals surface area contributed by atoms with Crippen molar-refractivity contribution in [1.29, 1.82) is 0 Å². The van der Waals surface area contributed by atoms with Crippen molar-refractivity contribution in [2.24, 2.45) is 0 Å². The van der Waals surface area contributed by atoms with Gasteiger partial charge < -0.3 is 5.11 Å². The van der Waals surface area contributed by atoms with E-state index < -0.39 is 6.10 Å². The van der Waals surface area contributed by atoms with Crippen LogP contribution in [-0.4, -0.2) is 24.7 Å². The van der Waals surface area contributed by atoms with E-state index in [9.17, 15) is 5.11 Å². The average Bonchev–Trinajstić information content (AvgIpc) is 3.17. The van der Waals surface area contributed by atoms with Crippen LogP contribution in [0.4, 0.5) is 0 Å². The van der Waals surface area contributed by atoms with Crippen LogP contribution in [0.5, 0.6) is 0 Å². The molecule has 108 valence electrons. The summed E-state index contributed by atoms with van der Waals surface area (Å²) >= 11 is 0. The highest BCUT2D eigenvalue weighted by atomic mass is 16.3. The van der Waals surface area contributed by atoms with Crippen molar-refractivity contribution in [3.8, 4) is 5.69 Å². The number of benzene rings is 1. The van der Waals surface area contributed by atoms with Crippen LogP contribution in [0.1, 0.15) is 30.7 Å². The lowest BCUT2D eigenvalue weighted by molar-refractivity contribution is 0.207. The normalized spacial score (nSPS) is 12.5. The summed E-state index contributed by atoms with van der Waals surface area (Å²) in [6, 6.07) is 11.7. The smallest absolute Gasteiger partial charge is 0.124 e. The number of para-hydroxylation sites is 1. The third-order valence-corrected chi connectivity index (χ3v) is 3.40. The van der Waals surface area contributed by atoms with E-state index >= 15 is 0 Å². The van der Waals surface area contributed by atoms with E-state index in [0.29, 0.717) is 0 Å². The number of rotatable bonds is 5. The summed E-state index contributed by atoms with van der Waals surface area (Å²) in [5.41, 5.74) is 2.53. The molecular weight excluding hydrogens is 264 g/mol. The fourth-order valence-electron chi connectivity index (χ4n) is 2.34. The van der Waals surface area contributed by atoms with Gasteiger partial charge in [-0.3, -0.25) is 4.68 Å². The zero-order valence-electron chi connectivity index (χ0n) is 11.9. The first-order valence-corrected chi connectivity index (χ1v) is 7.09. The molecule has 1 unspecified atom stereocenters. The average molecular weight is 282 g/mol. The van der Waals surface area contributed by atoms with Gasteiger partial charge in [0.15, 0.2) is 0 Å². The molecule has 0 saturated carbocycles. The Balaban J connectivity index is 1.87. The Morgan fingerprint density at radius 2 is 1.95 bits per heavy atom. The van der Waals surface area contributed by atoms with Crippen molar-refractivity contribution in [3.05, 3.63) is 66.2 Å². The minimum Gasteiger partial charge on any atom is -0.382 e. The molecular formula is C16H18N4O. The number of nitrogens with zero attached hydrogens (tertiary/aromatic N) is 4. The molecule has 3 rings (SSSR count).